The van der Waals surface area contributed by atoms with E-state index in [0.717, 1.165) is 5.69 Å². The molecule has 0 unspecified atom stereocenters. The zero-order valence-corrected chi connectivity index (χ0v) is 16.3. The number of thiazole rings is 1. The summed E-state index contributed by atoms with van der Waals surface area (Å²) >= 11 is 1.41. The topological polar surface area (TPSA) is 90.0 Å². The Balaban J connectivity index is 1.88. The lowest BCUT2D eigenvalue weighted by Crippen LogP contribution is -2.34. The van der Waals surface area contributed by atoms with Crippen LogP contribution >= 0.6 is 11.3 Å². The van der Waals surface area contributed by atoms with E-state index in [1.54, 1.807) is 31.4 Å². The van der Waals surface area contributed by atoms with Gasteiger partial charge in [0, 0.05) is 24.7 Å². The normalized spacial score (nSPS) is 11.6. The molecule has 8 nitrogen and oxygen atoms in total. The third-order valence-electron chi connectivity index (χ3n) is 3.76. The van der Waals surface area contributed by atoms with Crippen molar-refractivity contribution in [2.45, 2.75) is 32.9 Å². The molecule has 0 saturated heterocycles. The van der Waals surface area contributed by atoms with Gasteiger partial charge in [-0.05, 0) is 26.8 Å². The number of carbonyl (C=O) groups is 1. The van der Waals surface area contributed by atoms with Crippen LogP contribution in [0.15, 0.2) is 35.8 Å². The fourth-order valence-corrected chi connectivity index (χ4v) is 3.43. The van der Waals surface area contributed by atoms with Gasteiger partial charge in [0.25, 0.3) is 5.69 Å². The van der Waals surface area contributed by atoms with Gasteiger partial charge in [0.05, 0.1) is 28.4 Å². The smallest absolute Gasteiger partial charge is 0.410 e. The molecule has 2 aromatic heterocycles. The lowest BCUT2D eigenvalue weighted by molar-refractivity contribution is -0.384. The molecule has 0 N–H and O–H groups in total. The Morgan fingerprint density at radius 3 is 2.74 bits per heavy atom. The Morgan fingerprint density at radius 2 is 2.07 bits per heavy atom. The summed E-state index contributed by atoms with van der Waals surface area (Å²) in [4.78, 5) is 29.7. The number of nitrogens with zero attached hydrogens (tertiary/aromatic N) is 4. The Bertz CT molecular complexity index is 1000. The van der Waals surface area contributed by atoms with Crippen LogP contribution < -0.4 is 0 Å². The van der Waals surface area contributed by atoms with E-state index >= 15 is 0 Å². The third-order valence-corrected chi connectivity index (χ3v) is 4.65. The van der Waals surface area contributed by atoms with E-state index < -0.39 is 16.6 Å². The summed E-state index contributed by atoms with van der Waals surface area (Å²) in [6.07, 6.45) is 1.34. The van der Waals surface area contributed by atoms with Gasteiger partial charge in [-0.1, -0.05) is 12.1 Å². The first-order valence-corrected chi connectivity index (χ1v) is 9.17. The van der Waals surface area contributed by atoms with E-state index in [1.165, 1.54) is 22.3 Å². The molecule has 3 rings (SSSR count). The average molecular weight is 388 g/mol. The predicted molar refractivity (Wildman–Crippen MR) is 103 cm³/mol. The number of rotatable bonds is 4. The van der Waals surface area contributed by atoms with Crippen LogP contribution in [0.1, 0.15) is 26.5 Å². The molecule has 0 aliphatic heterocycles. The van der Waals surface area contributed by atoms with Crippen molar-refractivity contribution in [2.75, 3.05) is 7.05 Å². The molecular weight excluding hydrogens is 368 g/mol. The summed E-state index contributed by atoms with van der Waals surface area (Å²) in [5.74, 6) is 0. The molecule has 2 heterocycles. The van der Waals surface area contributed by atoms with Gasteiger partial charge in [-0.2, -0.15) is 0 Å². The maximum absolute atomic E-state index is 12.2. The summed E-state index contributed by atoms with van der Waals surface area (Å²) in [5, 5.41) is 13.2. The van der Waals surface area contributed by atoms with Crippen molar-refractivity contribution < 1.29 is 14.5 Å². The number of aromatic nitrogens is 2. The molecule has 1 amide bonds. The monoisotopic (exact) mass is 388 g/mol. The van der Waals surface area contributed by atoms with Crippen LogP contribution in [-0.4, -0.2) is 37.9 Å². The molecule has 0 radical (unpaired) electrons. The first kappa shape index (κ1) is 18.8. The Morgan fingerprint density at radius 1 is 1.37 bits per heavy atom. The second kappa shape index (κ2) is 6.99. The Kier molecular flexibility index (Phi) is 4.88. The highest BCUT2D eigenvalue weighted by Crippen LogP contribution is 2.30. The van der Waals surface area contributed by atoms with Crippen LogP contribution in [0.25, 0.3) is 16.2 Å². The van der Waals surface area contributed by atoms with Crippen molar-refractivity contribution >= 4 is 28.1 Å². The molecule has 0 bridgehead atoms. The summed E-state index contributed by atoms with van der Waals surface area (Å²) < 4.78 is 7.21. The molecule has 0 spiro atoms. The fraction of sp³-hybridized carbons (Fsp3) is 0.333. The van der Waals surface area contributed by atoms with Crippen LogP contribution in [0.4, 0.5) is 10.5 Å². The van der Waals surface area contributed by atoms with Crippen molar-refractivity contribution in [3.63, 3.8) is 0 Å². The van der Waals surface area contributed by atoms with Crippen LogP contribution in [0.3, 0.4) is 0 Å². The van der Waals surface area contributed by atoms with E-state index in [-0.39, 0.29) is 5.69 Å². The van der Waals surface area contributed by atoms with Crippen LogP contribution in [0.5, 0.6) is 0 Å². The first-order valence-electron chi connectivity index (χ1n) is 8.29. The molecule has 0 aliphatic rings. The summed E-state index contributed by atoms with van der Waals surface area (Å²) in [7, 11) is 1.66. The van der Waals surface area contributed by atoms with Crippen molar-refractivity contribution in [3.8, 4) is 11.3 Å². The van der Waals surface area contributed by atoms with E-state index in [2.05, 4.69) is 4.98 Å². The van der Waals surface area contributed by atoms with Gasteiger partial charge in [0.1, 0.15) is 5.60 Å². The second-order valence-electron chi connectivity index (χ2n) is 7.12. The Labute approximate surface area is 160 Å². The molecule has 0 aliphatic carbocycles. The fourth-order valence-electron chi connectivity index (χ4n) is 2.57. The van der Waals surface area contributed by atoms with Gasteiger partial charge < -0.3 is 9.64 Å². The number of para-hydroxylation sites is 1. The van der Waals surface area contributed by atoms with Crippen molar-refractivity contribution in [1.29, 1.82) is 0 Å². The number of hydrogen-bond acceptors (Lipinski definition) is 6. The average Bonchev–Trinajstić information content (AvgIpc) is 3.15. The maximum Gasteiger partial charge on any atom is 0.410 e. The van der Waals surface area contributed by atoms with Crippen molar-refractivity contribution in [2.24, 2.45) is 0 Å². The first-order chi connectivity index (χ1) is 12.7. The van der Waals surface area contributed by atoms with E-state index in [9.17, 15) is 14.9 Å². The highest BCUT2D eigenvalue weighted by Gasteiger charge is 2.22. The van der Waals surface area contributed by atoms with Gasteiger partial charge >= 0.3 is 6.09 Å². The Hall–Kier alpha value is -2.94. The lowest BCUT2D eigenvalue weighted by atomic mass is 10.1. The molecule has 9 heteroatoms. The standard InChI is InChI=1S/C18H20N4O4S/c1-18(2,3)26-17(23)20(4)9-12-11-27-16-19-14(10-21(12)16)13-7-5-6-8-15(13)22(24)25/h5-8,10-11H,9H2,1-4H3. The number of nitro benzene ring substituents is 1. The van der Waals surface area contributed by atoms with E-state index in [0.29, 0.717) is 22.8 Å². The molecule has 0 atom stereocenters. The van der Waals surface area contributed by atoms with Crippen LogP contribution in [0, 0.1) is 10.1 Å². The number of hydrogen-bond donors (Lipinski definition) is 0. The quantitative estimate of drug-likeness (QED) is 0.490. The number of fused-ring (bicyclic) bond motifs is 1. The highest BCUT2D eigenvalue weighted by atomic mass is 32.1. The zero-order chi connectivity index (χ0) is 19.8. The molecule has 0 saturated carbocycles. The van der Waals surface area contributed by atoms with Gasteiger partial charge in [0.2, 0.25) is 0 Å². The lowest BCUT2D eigenvalue weighted by Gasteiger charge is -2.24. The summed E-state index contributed by atoms with van der Waals surface area (Å²) in [5.41, 5.74) is 1.28. The minimum atomic E-state index is -0.566. The number of benzene rings is 1. The van der Waals surface area contributed by atoms with Gasteiger partial charge in [-0.3, -0.25) is 14.5 Å². The van der Waals surface area contributed by atoms with Gasteiger partial charge in [0.15, 0.2) is 4.96 Å². The third kappa shape index (κ3) is 4.08. The number of nitro groups is 1. The molecule has 142 valence electrons. The molecule has 0 fully saturated rings. The van der Waals surface area contributed by atoms with Crippen LogP contribution in [0.2, 0.25) is 0 Å². The summed E-state index contributed by atoms with van der Waals surface area (Å²) in [6, 6.07) is 6.51. The number of imidazole rings is 1. The number of ether oxygens (including phenoxy) is 1. The van der Waals surface area contributed by atoms with Crippen molar-refractivity contribution in [1.82, 2.24) is 14.3 Å². The molecule has 1 aromatic carbocycles. The minimum absolute atomic E-state index is 0.00989. The van der Waals surface area contributed by atoms with Gasteiger partial charge in [-0.15, -0.1) is 11.3 Å². The number of amides is 1. The van der Waals surface area contributed by atoms with Crippen LogP contribution in [-0.2, 0) is 11.3 Å². The van der Waals surface area contributed by atoms with Crippen molar-refractivity contribution in [3.05, 3.63) is 51.7 Å². The van der Waals surface area contributed by atoms with E-state index in [4.69, 9.17) is 4.74 Å². The largest absolute Gasteiger partial charge is 0.444 e. The van der Waals surface area contributed by atoms with Gasteiger partial charge in [-0.25, -0.2) is 9.78 Å². The SMILES string of the molecule is CN(Cc1csc2nc(-c3ccccc3[N+](=O)[O-])cn12)C(=O)OC(C)(C)C. The molecule has 3 aromatic rings. The highest BCUT2D eigenvalue weighted by molar-refractivity contribution is 7.15. The second-order valence-corrected chi connectivity index (χ2v) is 7.95. The minimum Gasteiger partial charge on any atom is -0.444 e. The number of carbonyl (C=O) groups excluding carboxylic acids is 1. The van der Waals surface area contributed by atoms with E-state index in [1.807, 2.05) is 30.6 Å². The predicted octanol–water partition coefficient (Wildman–Crippen LogP) is 4.34. The molecular formula is C18H20N4O4S. The molecule has 27 heavy (non-hydrogen) atoms. The zero-order valence-electron chi connectivity index (χ0n) is 15.5. The maximum atomic E-state index is 12.2. The summed E-state index contributed by atoms with van der Waals surface area (Å²) in [6.45, 7) is 5.78.